The standard InChI is InChI=1S/C23H21F2NO3/c1-26(15-17-11-13-20(14-12-17)29-23(24)25)22(27)21-10-6-5-7-18(21)16-28-19-8-3-2-4-9-19/h2-14,23H,15-16H2,1H3. The molecule has 150 valence electrons. The van der Waals surface area contributed by atoms with Crippen LogP contribution in [0.4, 0.5) is 8.78 Å². The maximum absolute atomic E-state index is 12.9. The van der Waals surface area contributed by atoms with Crippen LogP contribution in [0.2, 0.25) is 0 Å². The molecule has 1 amide bonds. The number of para-hydroxylation sites is 1. The summed E-state index contributed by atoms with van der Waals surface area (Å²) in [5, 5.41) is 0. The Hall–Kier alpha value is -3.41. The van der Waals surface area contributed by atoms with Gasteiger partial charge in [0.15, 0.2) is 0 Å². The first-order valence-corrected chi connectivity index (χ1v) is 9.08. The Morgan fingerprint density at radius 3 is 2.24 bits per heavy atom. The topological polar surface area (TPSA) is 38.8 Å². The molecule has 0 N–H and O–H groups in total. The normalized spacial score (nSPS) is 10.6. The Morgan fingerprint density at radius 2 is 1.55 bits per heavy atom. The summed E-state index contributed by atoms with van der Waals surface area (Å²) in [7, 11) is 1.70. The second kappa shape index (κ2) is 9.68. The molecule has 0 saturated heterocycles. The number of nitrogens with zero attached hydrogens (tertiary/aromatic N) is 1. The van der Waals surface area contributed by atoms with Gasteiger partial charge in [0.2, 0.25) is 0 Å². The van der Waals surface area contributed by atoms with Crippen molar-refractivity contribution >= 4 is 5.91 Å². The highest BCUT2D eigenvalue weighted by atomic mass is 19.3. The number of halogens is 2. The average molecular weight is 397 g/mol. The van der Waals surface area contributed by atoms with Gasteiger partial charge >= 0.3 is 6.61 Å². The van der Waals surface area contributed by atoms with Crippen molar-refractivity contribution in [1.29, 1.82) is 0 Å². The third kappa shape index (κ3) is 5.78. The summed E-state index contributed by atoms with van der Waals surface area (Å²) < 4.78 is 34.6. The molecule has 0 saturated carbocycles. The highest BCUT2D eigenvalue weighted by Crippen LogP contribution is 2.19. The predicted octanol–water partition coefficient (Wildman–Crippen LogP) is 5.14. The molecular weight excluding hydrogens is 376 g/mol. The third-order valence-corrected chi connectivity index (χ3v) is 4.30. The second-order valence-electron chi connectivity index (χ2n) is 6.44. The summed E-state index contributed by atoms with van der Waals surface area (Å²) in [6.07, 6.45) is 0. The number of carbonyl (C=O) groups is 1. The van der Waals surface area contributed by atoms with Crippen molar-refractivity contribution in [2.75, 3.05) is 7.05 Å². The van der Waals surface area contributed by atoms with Crippen LogP contribution in [0.1, 0.15) is 21.5 Å². The number of amides is 1. The number of ether oxygens (including phenoxy) is 2. The monoisotopic (exact) mass is 397 g/mol. The molecule has 3 rings (SSSR count). The fourth-order valence-electron chi connectivity index (χ4n) is 2.86. The smallest absolute Gasteiger partial charge is 0.387 e. The Bertz CT molecular complexity index is 930. The minimum absolute atomic E-state index is 0.0844. The van der Waals surface area contributed by atoms with Crippen LogP contribution in [-0.2, 0) is 13.2 Å². The van der Waals surface area contributed by atoms with Gasteiger partial charge in [-0.1, -0.05) is 48.5 Å². The molecule has 0 fully saturated rings. The molecule has 0 atom stereocenters. The Balaban J connectivity index is 1.66. The fraction of sp³-hybridized carbons (Fsp3) is 0.174. The summed E-state index contributed by atoms with van der Waals surface area (Å²) in [6, 6.07) is 22.9. The molecule has 0 aliphatic heterocycles. The van der Waals surface area contributed by atoms with Crippen LogP contribution in [0.3, 0.4) is 0 Å². The van der Waals surface area contributed by atoms with Gasteiger partial charge in [0.1, 0.15) is 18.1 Å². The lowest BCUT2D eigenvalue weighted by Crippen LogP contribution is -2.27. The van der Waals surface area contributed by atoms with Crippen LogP contribution in [-0.4, -0.2) is 24.5 Å². The van der Waals surface area contributed by atoms with Crippen LogP contribution in [0.15, 0.2) is 78.9 Å². The van der Waals surface area contributed by atoms with Gasteiger partial charge in [0, 0.05) is 24.7 Å². The number of benzene rings is 3. The van der Waals surface area contributed by atoms with E-state index in [9.17, 15) is 13.6 Å². The minimum Gasteiger partial charge on any atom is -0.489 e. The summed E-state index contributed by atoms with van der Waals surface area (Å²) in [5.41, 5.74) is 2.15. The van der Waals surface area contributed by atoms with E-state index in [1.165, 1.54) is 12.1 Å². The van der Waals surface area contributed by atoms with Crippen molar-refractivity contribution in [1.82, 2.24) is 4.90 Å². The lowest BCUT2D eigenvalue weighted by molar-refractivity contribution is -0.0498. The molecule has 4 nitrogen and oxygen atoms in total. The van der Waals surface area contributed by atoms with E-state index in [1.807, 2.05) is 48.5 Å². The van der Waals surface area contributed by atoms with Crippen molar-refractivity contribution < 1.29 is 23.0 Å². The van der Waals surface area contributed by atoms with E-state index in [0.29, 0.717) is 12.1 Å². The van der Waals surface area contributed by atoms with E-state index >= 15 is 0 Å². The zero-order valence-electron chi connectivity index (χ0n) is 15.9. The van der Waals surface area contributed by atoms with Gasteiger partial charge in [-0.25, -0.2) is 0 Å². The summed E-state index contributed by atoms with van der Waals surface area (Å²) in [6.45, 7) is -2.25. The quantitative estimate of drug-likeness (QED) is 0.528. The first kappa shape index (κ1) is 20.3. The molecule has 0 spiro atoms. The SMILES string of the molecule is CN(Cc1ccc(OC(F)F)cc1)C(=O)c1ccccc1COc1ccccc1. The highest BCUT2D eigenvalue weighted by Gasteiger charge is 2.16. The molecule has 29 heavy (non-hydrogen) atoms. The molecule has 3 aromatic rings. The van der Waals surface area contributed by atoms with Crippen LogP contribution in [0.5, 0.6) is 11.5 Å². The Labute approximate surface area is 168 Å². The van der Waals surface area contributed by atoms with E-state index in [2.05, 4.69) is 4.74 Å². The molecule has 6 heteroatoms. The second-order valence-corrected chi connectivity index (χ2v) is 6.44. The third-order valence-electron chi connectivity index (χ3n) is 4.30. The maximum atomic E-state index is 12.9. The number of carbonyl (C=O) groups excluding carboxylic acids is 1. The molecule has 0 aliphatic rings. The largest absolute Gasteiger partial charge is 0.489 e. The number of rotatable bonds is 8. The fourth-order valence-corrected chi connectivity index (χ4v) is 2.86. The number of hydrogen-bond donors (Lipinski definition) is 0. The molecule has 0 radical (unpaired) electrons. The molecule has 0 aliphatic carbocycles. The number of hydrogen-bond acceptors (Lipinski definition) is 3. The predicted molar refractivity (Wildman–Crippen MR) is 106 cm³/mol. The van der Waals surface area contributed by atoms with E-state index < -0.39 is 6.61 Å². The van der Waals surface area contributed by atoms with Gasteiger partial charge < -0.3 is 14.4 Å². The summed E-state index contributed by atoms with van der Waals surface area (Å²) in [4.78, 5) is 14.5. The number of alkyl halides is 2. The molecule has 0 unspecified atom stereocenters. The van der Waals surface area contributed by atoms with Crippen LogP contribution >= 0.6 is 0 Å². The van der Waals surface area contributed by atoms with Gasteiger partial charge in [-0.15, -0.1) is 0 Å². The molecule has 0 aromatic heterocycles. The minimum atomic E-state index is -2.86. The van der Waals surface area contributed by atoms with E-state index in [1.54, 1.807) is 30.1 Å². The van der Waals surface area contributed by atoms with Gasteiger partial charge in [0.25, 0.3) is 5.91 Å². The van der Waals surface area contributed by atoms with E-state index in [4.69, 9.17) is 4.74 Å². The van der Waals surface area contributed by atoms with Gasteiger partial charge in [-0.2, -0.15) is 8.78 Å². The van der Waals surface area contributed by atoms with Crippen molar-refractivity contribution in [3.05, 3.63) is 95.6 Å². The Morgan fingerprint density at radius 1 is 0.897 bits per heavy atom. The lowest BCUT2D eigenvalue weighted by atomic mass is 10.1. The van der Waals surface area contributed by atoms with Crippen LogP contribution in [0.25, 0.3) is 0 Å². The zero-order valence-corrected chi connectivity index (χ0v) is 15.9. The molecule has 0 heterocycles. The first-order valence-electron chi connectivity index (χ1n) is 9.08. The zero-order chi connectivity index (χ0) is 20.6. The molecule has 0 bridgehead atoms. The Kier molecular flexibility index (Phi) is 6.79. The summed E-state index contributed by atoms with van der Waals surface area (Å²) in [5.74, 6) is 0.667. The van der Waals surface area contributed by atoms with E-state index in [0.717, 1.165) is 16.9 Å². The van der Waals surface area contributed by atoms with Crippen molar-refractivity contribution in [2.24, 2.45) is 0 Å². The van der Waals surface area contributed by atoms with Crippen LogP contribution in [0, 0.1) is 0 Å². The van der Waals surface area contributed by atoms with Crippen molar-refractivity contribution in [3.8, 4) is 11.5 Å². The highest BCUT2D eigenvalue weighted by molar-refractivity contribution is 5.95. The maximum Gasteiger partial charge on any atom is 0.387 e. The average Bonchev–Trinajstić information content (AvgIpc) is 2.73. The van der Waals surface area contributed by atoms with Gasteiger partial charge in [-0.3, -0.25) is 4.79 Å². The lowest BCUT2D eigenvalue weighted by Gasteiger charge is -2.19. The first-order chi connectivity index (χ1) is 14.0. The van der Waals surface area contributed by atoms with Gasteiger partial charge in [-0.05, 0) is 35.9 Å². The van der Waals surface area contributed by atoms with Gasteiger partial charge in [0.05, 0.1) is 0 Å². The van der Waals surface area contributed by atoms with Crippen molar-refractivity contribution in [2.45, 2.75) is 19.8 Å². The van der Waals surface area contributed by atoms with Crippen molar-refractivity contribution in [3.63, 3.8) is 0 Å². The van der Waals surface area contributed by atoms with E-state index in [-0.39, 0.29) is 18.3 Å². The summed E-state index contributed by atoms with van der Waals surface area (Å²) >= 11 is 0. The molecular formula is C23H21F2NO3. The molecule has 3 aromatic carbocycles. The van der Waals surface area contributed by atoms with Crippen LogP contribution < -0.4 is 9.47 Å².